The number of nitrogens with zero attached hydrogens (tertiary/aromatic N) is 1. The molecule has 0 saturated carbocycles. The van der Waals surface area contributed by atoms with Gasteiger partial charge in [0, 0.05) is 33.8 Å². The summed E-state index contributed by atoms with van der Waals surface area (Å²) in [6, 6.07) is 15.0. The summed E-state index contributed by atoms with van der Waals surface area (Å²) in [4.78, 5) is 23.1. The van der Waals surface area contributed by atoms with E-state index in [-0.39, 0.29) is 10.8 Å². The number of carbonyl (C=O) groups is 1. The molecule has 0 aliphatic carbocycles. The third kappa shape index (κ3) is 4.05. The quantitative estimate of drug-likeness (QED) is 0.374. The van der Waals surface area contributed by atoms with E-state index in [1.807, 2.05) is 6.07 Å². The second-order valence-corrected chi connectivity index (χ2v) is 6.62. The van der Waals surface area contributed by atoms with E-state index in [0.29, 0.717) is 21.7 Å². The number of anilines is 1. The Labute approximate surface area is 165 Å². The van der Waals surface area contributed by atoms with Crippen molar-refractivity contribution in [3.8, 4) is 0 Å². The van der Waals surface area contributed by atoms with Crippen LogP contribution in [0.5, 0.6) is 0 Å². The van der Waals surface area contributed by atoms with Gasteiger partial charge in [-0.05, 0) is 42.2 Å². The van der Waals surface area contributed by atoms with Gasteiger partial charge in [0.1, 0.15) is 0 Å². The van der Waals surface area contributed by atoms with Gasteiger partial charge in [0.05, 0.1) is 4.92 Å². The molecule has 0 aliphatic rings. The normalized spacial score (nSPS) is 10.4. The lowest BCUT2D eigenvalue weighted by Crippen LogP contribution is -2.34. The first-order chi connectivity index (χ1) is 12.9. The van der Waals surface area contributed by atoms with E-state index in [9.17, 15) is 14.9 Å². The van der Waals surface area contributed by atoms with E-state index in [1.54, 1.807) is 43.3 Å². The lowest BCUT2D eigenvalue weighted by atomic mass is 10.0. The van der Waals surface area contributed by atoms with Crippen LogP contribution >= 0.6 is 23.8 Å². The molecule has 27 heavy (non-hydrogen) atoms. The molecule has 8 heteroatoms. The summed E-state index contributed by atoms with van der Waals surface area (Å²) >= 11 is 11.4. The predicted molar refractivity (Wildman–Crippen MR) is 110 cm³/mol. The highest BCUT2D eigenvalue weighted by Gasteiger charge is 2.14. The van der Waals surface area contributed by atoms with E-state index < -0.39 is 10.8 Å². The zero-order valence-electron chi connectivity index (χ0n) is 14.2. The van der Waals surface area contributed by atoms with Crippen molar-refractivity contribution in [3.05, 3.63) is 80.9 Å². The fraction of sp³-hybridized carbons (Fsp3) is 0.0526. The number of nitro benzene ring substituents is 1. The molecule has 0 fully saturated rings. The van der Waals surface area contributed by atoms with Gasteiger partial charge in [-0.2, -0.15) is 0 Å². The molecular weight excluding hydrogens is 386 g/mol. The predicted octanol–water partition coefficient (Wildman–Crippen LogP) is 4.84. The van der Waals surface area contributed by atoms with Crippen molar-refractivity contribution in [2.24, 2.45) is 0 Å². The lowest BCUT2D eigenvalue weighted by Gasteiger charge is -2.13. The molecule has 6 nitrogen and oxygen atoms in total. The standard InChI is InChI=1S/C19H14ClN3O3S/c1-11-8-9-12(23(25)26)10-17(11)21-19(27)22-18(24)15-6-2-5-14-13(15)4-3-7-16(14)20/h2-10H,1H3,(H2,21,22,24,27). The fourth-order valence-corrected chi connectivity index (χ4v) is 3.09. The van der Waals surface area contributed by atoms with Gasteiger partial charge in [-0.1, -0.05) is 41.9 Å². The SMILES string of the molecule is Cc1ccc([N+](=O)[O-])cc1NC(=S)NC(=O)c1cccc2c(Cl)cccc12. The first kappa shape index (κ1) is 18.8. The van der Waals surface area contributed by atoms with Crippen LogP contribution in [0.1, 0.15) is 15.9 Å². The van der Waals surface area contributed by atoms with Crippen LogP contribution in [0, 0.1) is 17.0 Å². The zero-order valence-corrected chi connectivity index (χ0v) is 15.7. The molecule has 0 atom stereocenters. The topological polar surface area (TPSA) is 84.3 Å². The van der Waals surface area contributed by atoms with Crippen LogP contribution in [0.25, 0.3) is 10.8 Å². The van der Waals surface area contributed by atoms with Crippen molar-refractivity contribution >= 4 is 57.0 Å². The van der Waals surface area contributed by atoms with E-state index in [1.165, 1.54) is 12.1 Å². The number of thiocarbonyl (C=S) groups is 1. The number of nitrogens with one attached hydrogen (secondary N) is 2. The highest BCUT2D eigenvalue weighted by Crippen LogP contribution is 2.26. The van der Waals surface area contributed by atoms with Gasteiger partial charge < -0.3 is 5.32 Å². The van der Waals surface area contributed by atoms with Crippen LogP contribution in [-0.4, -0.2) is 15.9 Å². The molecule has 3 aromatic carbocycles. The van der Waals surface area contributed by atoms with Gasteiger partial charge in [0.15, 0.2) is 5.11 Å². The molecule has 1 amide bonds. The summed E-state index contributed by atoms with van der Waals surface area (Å²) < 4.78 is 0. The highest BCUT2D eigenvalue weighted by molar-refractivity contribution is 7.80. The Bertz CT molecular complexity index is 1080. The van der Waals surface area contributed by atoms with Crippen molar-refractivity contribution in [2.75, 3.05) is 5.32 Å². The molecular formula is C19H14ClN3O3S. The number of hydrogen-bond donors (Lipinski definition) is 2. The van der Waals surface area contributed by atoms with Crippen molar-refractivity contribution in [2.45, 2.75) is 6.92 Å². The summed E-state index contributed by atoms with van der Waals surface area (Å²) in [6.45, 7) is 1.78. The molecule has 0 spiro atoms. The zero-order chi connectivity index (χ0) is 19.6. The fourth-order valence-electron chi connectivity index (χ4n) is 2.65. The third-order valence-corrected chi connectivity index (χ3v) is 4.55. The van der Waals surface area contributed by atoms with E-state index in [2.05, 4.69) is 10.6 Å². The highest BCUT2D eigenvalue weighted by atomic mass is 35.5. The number of fused-ring (bicyclic) bond motifs is 1. The minimum atomic E-state index is -0.494. The molecule has 0 unspecified atom stereocenters. The Morgan fingerprint density at radius 3 is 2.56 bits per heavy atom. The molecule has 2 N–H and O–H groups in total. The summed E-state index contributed by atoms with van der Waals surface area (Å²) in [7, 11) is 0. The maximum absolute atomic E-state index is 12.6. The number of hydrogen-bond acceptors (Lipinski definition) is 4. The Hall–Kier alpha value is -3.03. The molecule has 0 bridgehead atoms. The minimum Gasteiger partial charge on any atom is -0.332 e. The first-order valence-electron chi connectivity index (χ1n) is 7.91. The number of amides is 1. The second-order valence-electron chi connectivity index (χ2n) is 5.81. The maximum Gasteiger partial charge on any atom is 0.271 e. The van der Waals surface area contributed by atoms with Gasteiger partial charge in [-0.3, -0.25) is 20.2 Å². The van der Waals surface area contributed by atoms with Crippen LogP contribution in [-0.2, 0) is 0 Å². The van der Waals surface area contributed by atoms with E-state index >= 15 is 0 Å². The number of non-ortho nitro benzene ring substituents is 1. The molecule has 3 rings (SSSR count). The second kappa shape index (κ2) is 7.69. The van der Waals surface area contributed by atoms with E-state index in [0.717, 1.165) is 10.9 Å². The van der Waals surface area contributed by atoms with Gasteiger partial charge >= 0.3 is 0 Å². The van der Waals surface area contributed by atoms with Crippen LogP contribution in [0.15, 0.2) is 54.6 Å². The molecule has 0 saturated heterocycles. The Morgan fingerprint density at radius 1 is 1.11 bits per heavy atom. The van der Waals surface area contributed by atoms with Crippen LogP contribution < -0.4 is 10.6 Å². The van der Waals surface area contributed by atoms with Crippen molar-refractivity contribution < 1.29 is 9.72 Å². The first-order valence-corrected chi connectivity index (χ1v) is 8.70. The molecule has 3 aromatic rings. The molecule has 0 aliphatic heterocycles. The van der Waals surface area contributed by atoms with Crippen molar-refractivity contribution in [3.63, 3.8) is 0 Å². The minimum absolute atomic E-state index is 0.0441. The van der Waals surface area contributed by atoms with Gasteiger partial charge in [-0.15, -0.1) is 0 Å². The number of rotatable bonds is 3. The smallest absolute Gasteiger partial charge is 0.271 e. The molecule has 0 radical (unpaired) electrons. The number of aryl methyl sites for hydroxylation is 1. The third-order valence-electron chi connectivity index (χ3n) is 4.02. The average molecular weight is 400 g/mol. The Kier molecular flexibility index (Phi) is 5.34. The van der Waals surface area contributed by atoms with Crippen LogP contribution in [0.4, 0.5) is 11.4 Å². The molecule has 0 heterocycles. The average Bonchev–Trinajstić information content (AvgIpc) is 2.63. The molecule has 136 valence electrons. The summed E-state index contributed by atoms with van der Waals surface area (Å²) in [6.07, 6.45) is 0. The largest absolute Gasteiger partial charge is 0.332 e. The maximum atomic E-state index is 12.6. The number of benzene rings is 3. The van der Waals surface area contributed by atoms with Crippen molar-refractivity contribution in [1.82, 2.24) is 5.32 Å². The summed E-state index contributed by atoms with van der Waals surface area (Å²) in [5.41, 5.74) is 1.57. The monoisotopic (exact) mass is 399 g/mol. The summed E-state index contributed by atoms with van der Waals surface area (Å²) in [5, 5.41) is 18.4. The van der Waals surface area contributed by atoms with Gasteiger partial charge in [0.2, 0.25) is 0 Å². The lowest BCUT2D eigenvalue weighted by molar-refractivity contribution is -0.384. The van der Waals surface area contributed by atoms with Gasteiger partial charge in [0.25, 0.3) is 11.6 Å². The Morgan fingerprint density at radius 2 is 1.81 bits per heavy atom. The number of carbonyl (C=O) groups excluding carboxylic acids is 1. The van der Waals surface area contributed by atoms with E-state index in [4.69, 9.17) is 23.8 Å². The number of nitro groups is 1. The number of halogens is 1. The molecule has 0 aromatic heterocycles. The van der Waals surface area contributed by atoms with Crippen LogP contribution in [0.3, 0.4) is 0 Å². The Balaban J connectivity index is 1.81. The van der Waals surface area contributed by atoms with Gasteiger partial charge in [-0.25, -0.2) is 0 Å². The van der Waals surface area contributed by atoms with Crippen LogP contribution in [0.2, 0.25) is 5.02 Å². The summed E-state index contributed by atoms with van der Waals surface area (Å²) in [5.74, 6) is -0.400. The van der Waals surface area contributed by atoms with Crippen molar-refractivity contribution in [1.29, 1.82) is 0 Å².